The lowest BCUT2D eigenvalue weighted by molar-refractivity contribution is -0.143. The fraction of sp³-hybridized carbons (Fsp3) is 0.467. The molecule has 0 fully saturated rings. The van der Waals surface area contributed by atoms with Crippen molar-refractivity contribution in [1.29, 1.82) is 0 Å². The second-order valence-electron chi connectivity index (χ2n) is 5.41. The van der Waals surface area contributed by atoms with Gasteiger partial charge in [0.15, 0.2) is 0 Å². The van der Waals surface area contributed by atoms with E-state index in [9.17, 15) is 19.2 Å². The van der Waals surface area contributed by atoms with Gasteiger partial charge in [0.2, 0.25) is 11.8 Å². The molecule has 0 radical (unpaired) electrons. The zero-order valence-electron chi connectivity index (χ0n) is 15.0. The van der Waals surface area contributed by atoms with Crippen LogP contribution in [0.1, 0.15) is 24.1 Å². The number of H-pyrrole nitrogens is 1. The van der Waals surface area contributed by atoms with Gasteiger partial charge in [-0.25, -0.2) is 4.79 Å². The standard InChI is InChI=1S/C15H19N5O6S/c1-4-25-12(22)6-16-10(21)7-27-15-19-18-11(26-15)5-9-8(2)17-14(24)20(3)13(9)23/h4-7H2,1-3H3,(H,16,21)(H,17,24). The van der Waals surface area contributed by atoms with E-state index in [1.165, 1.54) is 7.05 Å². The molecule has 0 aliphatic rings. The number of ether oxygens (including phenoxy) is 1. The van der Waals surface area contributed by atoms with Crippen LogP contribution in [0.25, 0.3) is 0 Å². The number of esters is 1. The lowest BCUT2D eigenvalue weighted by Gasteiger charge is -2.04. The average molecular weight is 397 g/mol. The SMILES string of the molecule is CCOC(=O)CNC(=O)CSc1nnc(Cc2c(C)[nH]c(=O)n(C)c2=O)o1. The molecular formula is C15H19N5O6S. The van der Waals surface area contributed by atoms with Crippen LogP contribution >= 0.6 is 11.8 Å². The highest BCUT2D eigenvalue weighted by atomic mass is 32.2. The fourth-order valence-corrected chi connectivity index (χ4v) is 2.67. The first-order chi connectivity index (χ1) is 12.8. The van der Waals surface area contributed by atoms with E-state index in [1.807, 2.05) is 0 Å². The summed E-state index contributed by atoms with van der Waals surface area (Å²) in [5, 5.41) is 10.2. The van der Waals surface area contributed by atoms with E-state index in [0.717, 1.165) is 16.3 Å². The summed E-state index contributed by atoms with van der Waals surface area (Å²) in [6.45, 7) is 3.31. The van der Waals surface area contributed by atoms with Crippen LogP contribution in [0.5, 0.6) is 0 Å². The summed E-state index contributed by atoms with van der Waals surface area (Å²) in [6.07, 6.45) is 0.0535. The highest BCUT2D eigenvalue weighted by Gasteiger charge is 2.15. The molecule has 12 heteroatoms. The molecular weight excluding hydrogens is 378 g/mol. The third-order valence-electron chi connectivity index (χ3n) is 3.45. The van der Waals surface area contributed by atoms with Gasteiger partial charge in [0.05, 0.1) is 18.8 Å². The number of amides is 1. The number of carbonyl (C=O) groups excluding carboxylic acids is 2. The molecule has 2 aromatic heterocycles. The monoisotopic (exact) mass is 397 g/mol. The molecule has 0 spiro atoms. The smallest absolute Gasteiger partial charge is 0.328 e. The molecule has 0 aliphatic heterocycles. The number of carbonyl (C=O) groups is 2. The molecule has 2 aromatic rings. The number of nitrogens with zero attached hydrogens (tertiary/aromatic N) is 3. The number of hydrogen-bond acceptors (Lipinski definition) is 9. The number of aryl methyl sites for hydroxylation is 1. The molecule has 2 N–H and O–H groups in total. The summed E-state index contributed by atoms with van der Waals surface area (Å²) >= 11 is 0.993. The number of aromatic nitrogens is 4. The van der Waals surface area contributed by atoms with Crippen molar-refractivity contribution in [2.24, 2.45) is 7.05 Å². The molecule has 0 saturated heterocycles. The molecule has 2 rings (SSSR count). The van der Waals surface area contributed by atoms with Gasteiger partial charge in [-0.15, -0.1) is 10.2 Å². The number of rotatable bonds is 8. The van der Waals surface area contributed by atoms with Crippen LogP contribution in [0.3, 0.4) is 0 Å². The maximum absolute atomic E-state index is 12.2. The number of thioether (sulfide) groups is 1. The van der Waals surface area contributed by atoms with E-state index in [1.54, 1.807) is 13.8 Å². The Morgan fingerprint density at radius 1 is 1.33 bits per heavy atom. The van der Waals surface area contributed by atoms with E-state index in [2.05, 4.69) is 20.5 Å². The Morgan fingerprint density at radius 2 is 2.07 bits per heavy atom. The summed E-state index contributed by atoms with van der Waals surface area (Å²) in [5.41, 5.74) is -0.183. The molecule has 0 unspecified atom stereocenters. The van der Waals surface area contributed by atoms with E-state index >= 15 is 0 Å². The minimum Gasteiger partial charge on any atom is -0.465 e. The van der Waals surface area contributed by atoms with Crippen LogP contribution in [0.2, 0.25) is 0 Å². The molecule has 146 valence electrons. The topological polar surface area (TPSA) is 149 Å². The van der Waals surface area contributed by atoms with Gasteiger partial charge in [0.25, 0.3) is 10.8 Å². The average Bonchev–Trinajstić information content (AvgIpc) is 3.08. The van der Waals surface area contributed by atoms with Gasteiger partial charge in [-0.05, 0) is 13.8 Å². The van der Waals surface area contributed by atoms with Crippen molar-refractivity contribution >= 4 is 23.6 Å². The van der Waals surface area contributed by atoms with E-state index in [-0.39, 0.29) is 36.4 Å². The maximum atomic E-state index is 12.2. The Labute approximate surface area is 157 Å². The summed E-state index contributed by atoms with van der Waals surface area (Å²) in [4.78, 5) is 49.1. The minimum absolute atomic E-state index is 0.0273. The van der Waals surface area contributed by atoms with Crippen molar-refractivity contribution < 1.29 is 18.7 Å². The van der Waals surface area contributed by atoms with Crippen LogP contribution in [0.15, 0.2) is 19.2 Å². The summed E-state index contributed by atoms with van der Waals surface area (Å²) in [7, 11) is 1.37. The molecule has 0 aliphatic carbocycles. The Morgan fingerprint density at radius 3 is 2.78 bits per heavy atom. The number of nitrogens with one attached hydrogen (secondary N) is 2. The van der Waals surface area contributed by atoms with Gasteiger partial charge < -0.3 is 19.5 Å². The summed E-state index contributed by atoms with van der Waals surface area (Å²) in [6, 6.07) is 0. The normalized spacial score (nSPS) is 10.6. The molecule has 0 bridgehead atoms. The van der Waals surface area contributed by atoms with Gasteiger partial charge in [0, 0.05) is 18.3 Å². The second kappa shape index (κ2) is 9.16. The first-order valence-corrected chi connectivity index (χ1v) is 8.96. The molecule has 27 heavy (non-hydrogen) atoms. The van der Waals surface area contributed by atoms with Crippen molar-refractivity contribution in [3.05, 3.63) is 38.0 Å². The predicted molar refractivity (Wildman–Crippen MR) is 94.5 cm³/mol. The molecule has 0 atom stereocenters. The van der Waals surface area contributed by atoms with Crippen LogP contribution in [0, 0.1) is 6.92 Å². The van der Waals surface area contributed by atoms with Crippen molar-refractivity contribution in [2.75, 3.05) is 18.9 Å². The van der Waals surface area contributed by atoms with Crippen molar-refractivity contribution in [3.8, 4) is 0 Å². The second-order valence-corrected chi connectivity index (χ2v) is 6.33. The van der Waals surface area contributed by atoms with Gasteiger partial charge >= 0.3 is 11.7 Å². The third-order valence-corrected chi connectivity index (χ3v) is 4.27. The predicted octanol–water partition coefficient (Wildman–Crippen LogP) is -0.873. The quantitative estimate of drug-likeness (QED) is 0.428. The first kappa shape index (κ1) is 20.4. The molecule has 0 aromatic carbocycles. The van der Waals surface area contributed by atoms with Crippen LogP contribution in [-0.4, -0.2) is 50.5 Å². The van der Waals surface area contributed by atoms with Crippen LogP contribution in [0.4, 0.5) is 0 Å². The lowest BCUT2D eigenvalue weighted by atomic mass is 10.2. The Balaban J connectivity index is 1.93. The van der Waals surface area contributed by atoms with Crippen LogP contribution in [-0.2, 0) is 27.8 Å². The highest BCUT2D eigenvalue weighted by molar-refractivity contribution is 7.99. The van der Waals surface area contributed by atoms with Crippen molar-refractivity contribution in [3.63, 3.8) is 0 Å². The first-order valence-electron chi connectivity index (χ1n) is 7.98. The van der Waals surface area contributed by atoms with Gasteiger partial charge in [-0.3, -0.25) is 19.0 Å². The largest absolute Gasteiger partial charge is 0.465 e. The zero-order chi connectivity index (χ0) is 20.0. The van der Waals surface area contributed by atoms with Crippen LogP contribution < -0.4 is 16.6 Å². The Kier molecular flexibility index (Phi) is 6.93. The zero-order valence-corrected chi connectivity index (χ0v) is 15.8. The molecule has 2 heterocycles. The molecule has 1 amide bonds. The van der Waals surface area contributed by atoms with Crippen molar-refractivity contribution in [1.82, 2.24) is 25.1 Å². The van der Waals surface area contributed by atoms with E-state index in [4.69, 9.17) is 9.15 Å². The van der Waals surface area contributed by atoms with E-state index < -0.39 is 23.1 Å². The van der Waals surface area contributed by atoms with E-state index in [0.29, 0.717) is 11.3 Å². The summed E-state index contributed by atoms with van der Waals surface area (Å²) < 4.78 is 11.1. The molecule has 0 saturated carbocycles. The van der Waals surface area contributed by atoms with Crippen molar-refractivity contribution in [2.45, 2.75) is 25.5 Å². The number of hydrogen-bond donors (Lipinski definition) is 2. The van der Waals surface area contributed by atoms with Gasteiger partial charge in [-0.1, -0.05) is 11.8 Å². The van der Waals surface area contributed by atoms with Gasteiger partial charge in [-0.2, -0.15) is 0 Å². The summed E-state index contributed by atoms with van der Waals surface area (Å²) in [5.74, 6) is -0.760. The number of aromatic amines is 1. The minimum atomic E-state index is -0.520. The van der Waals surface area contributed by atoms with Gasteiger partial charge in [0.1, 0.15) is 6.54 Å². The highest BCUT2D eigenvalue weighted by Crippen LogP contribution is 2.17. The molecule has 11 nitrogen and oxygen atoms in total. The maximum Gasteiger partial charge on any atom is 0.328 e. The lowest BCUT2D eigenvalue weighted by Crippen LogP contribution is -2.36. The Bertz CT molecular complexity index is 947. The third kappa shape index (κ3) is 5.54. The fourth-order valence-electron chi connectivity index (χ4n) is 2.06. The Hall–Kier alpha value is -2.89.